The Balaban J connectivity index is 1.98. The number of nitrogens with one attached hydrogen (secondary N) is 2. The molecular weight excluding hydrogens is 440 g/mol. The number of amides is 2. The Morgan fingerprint density at radius 1 is 0.966 bits per heavy atom. The third-order valence-electron chi connectivity index (χ3n) is 3.95. The Morgan fingerprint density at radius 3 is 2.21 bits per heavy atom. The molecule has 0 saturated carbocycles. The Kier molecular flexibility index (Phi) is 8.79. The maximum Gasteiger partial charge on any atom is 0.269 e. The van der Waals surface area contributed by atoms with Crippen LogP contribution < -0.4 is 25.1 Å². The monoisotopic (exact) mass is 464 g/mol. The van der Waals surface area contributed by atoms with Gasteiger partial charge in [0.05, 0.1) is 24.8 Å². The summed E-state index contributed by atoms with van der Waals surface area (Å²) in [4.78, 5) is 24.7. The smallest absolute Gasteiger partial charge is 0.269 e. The van der Waals surface area contributed by atoms with Gasteiger partial charge in [-0.05, 0) is 65.7 Å². The van der Waals surface area contributed by atoms with Crippen LogP contribution >= 0.6 is 15.9 Å². The second kappa shape index (κ2) is 11.3. The van der Waals surface area contributed by atoms with Crippen molar-refractivity contribution in [3.8, 4) is 17.2 Å². The van der Waals surface area contributed by atoms with Gasteiger partial charge in [0.15, 0.2) is 11.5 Å². The molecule has 2 N–H and O–H groups in total. The van der Waals surface area contributed by atoms with Gasteiger partial charge in [-0.3, -0.25) is 20.4 Å². The summed E-state index contributed by atoms with van der Waals surface area (Å²) in [5, 5.41) is 0. The molecule has 2 aromatic carbocycles. The molecule has 0 fully saturated rings. The van der Waals surface area contributed by atoms with Gasteiger partial charge in [-0.1, -0.05) is 13.3 Å². The van der Waals surface area contributed by atoms with Gasteiger partial charge in [0, 0.05) is 11.1 Å². The summed E-state index contributed by atoms with van der Waals surface area (Å²) in [6, 6.07) is 9.86. The van der Waals surface area contributed by atoms with Crippen LogP contribution in [0.5, 0.6) is 17.2 Å². The molecule has 0 heterocycles. The van der Waals surface area contributed by atoms with Crippen molar-refractivity contribution in [2.45, 2.75) is 26.7 Å². The lowest BCUT2D eigenvalue weighted by Gasteiger charge is -2.13. The molecule has 0 unspecified atom stereocenters. The van der Waals surface area contributed by atoms with E-state index in [1.807, 2.05) is 6.92 Å². The first kappa shape index (κ1) is 22.5. The molecule has 156 valence electrons. The first-order valence-corrected chi connectivity index (χ1v) is 10.1. The number of ether oxygens (including phenoxy) is 3. The van der Waals surface area contributed by atoms with Crippen molar-refractivity contribution in [2.75, 3.05) is 20.3 Å². The predicted octanol–water partition coefficient (Wildman–Crippen LogP) is 4.11. The molecule has 2 amide bonds. The van der Waals surface area contributed by atoms with Crippen molar-refractivity contribution in [3.63, 3.8) is 0 Å². The van der Waals surface area contributed by atoms with Gasteiger partial charge < -0.3 is 14.2 Å². The maximum absolute atomic E-state index is 12.4. The summed E-state index contributed by atoms with van der Waals surface area (Å²) in [5.41, 5.74) is 5.50. The SMILES string of the molecule is CCCCOc1ccc(C(=O)NNC(=O)c2cc(Br)c(OCC)c(OC)c2)cc1. The van der Waals surface area contributed by atoms with E-state index < -0.39 is 11.8 Å². The van der Waals surface area contributed by atoms with Gasteiger partial charge >= 0.3 is 0 Å². The minimum Gasteiger partial charge on any atom is -0.494 e. The highest BCUT2D eigenvalue weighted by Crippen LogP contribution is 2.36. The Hall–Kier alpha value is -2.74. The first-order chi connectivity index (χ1) is 14.0. The third kappa shape index (κ3) is 6.39. The fourth-order valence-corrected chi connectivity index (χ4v) is 2.99. The topological polar surface area (TPSA) is 85.9 Å². The minimum atomic E-state index is -0.486. The highest BCUT2D eigenvalue weighted by Gasteiger charge is 2.16. The highest BCUT2D eigenvalue weighted by molar-refractivity contribution is 9.10. The molecule has 0 radical (unpaired) electrons. The second-order valence-electron chi connectivity index (χ2n) is 6.06. The van der Waals surface area contributed by atoms with Crippen LogP contribution in [-0.4, -0.2) is 32.1 Å². The van der Waals surface area contributed by atoms with Crippen LogP contribution in [0.2, 0.25) is 0 Å². The van der Waals surface area contributed by atoms with Crippen molar-refractivity contribution in [3.05, 3.63) is 52.0 Å². The lowest BCUT2D eigenvalue weighted by Crippen LogP contribution is -2.41. The predicted molar refractivity (Wildman–Crippen MR) is 114 cm³/mol. The number of hydrazine groups is 1. The molecule has 0 atom stereocenters. The van der Waals surface area contributed by atoms with Crippen LogP contribution in [0, 0.1) is 0 Å². The Labute approximate surface area is 178 Å². The van der Waals surface area contributed by atoms with E-state index in [2.05, 4.69) is 33.7 Å². The molecule has 0 aromatic heterocycles. The summed E-state index contributed by atoms with van der Waals surface area (Å²) in [6.07, 6.45) is 2.03. The fourth-order valence-electron chi connectivity index (χ4n) is 2.43. The number of rotatable bonds is 9. The Morgan fingerprint density at radius 2 is 1.62 bits per heavy atom. The van der Waals surface area contributed by atoms with E-state index in [0.29, 0.717) is 46.1 Å². The highest BCUT2D eigenvalue weighted by atomic mass is 79.9. The second-order valence-corrected chi connectivity index (χ2v) is 6.91. The molecule has 0 spiro atoms. The average molecular weight is 465 g/mol. The van der Waals surface area contributed by atoms with Gasteiger partial charge in [0.25, 0.3) is 11.8 Å². The van der Waals surface area contributed by atoms with E-state index in [0.717, 1.165) is 12.8 Å². The lowest BCUT2D eigenvalue weighted by atomic mass is 10.2. The molecule has 0 aliphatic rings. The van der Waals surface area contributed by atoms with E-state index in [1.165, 1.54) is 7.11 Å². The zero-order valence-electron chi connectivity index (χ0n) is 16.7. The molecule has 0 bridgehead atoms. The fraction of sp³-hybridized carbons (Fsp3) is 0.333. The van der Waals surface area contributed by atoms with Gasteiger partial charge in [-0.25, -0.2) is 0 Å². The van der Waals surface area contributed by atoms with Crippen molar-refractivity contribution >= 4 is 27.7 Å². The molecule has 0 aliphatic heterocycles. The summed E-state index contributed by atoms with van der Waals surface area (Å²) in [7, 11) is 1.49. The summed E-state index contributed by atoms with van der Waals surface area (Å²) in [6.45, 7) is 5.04. The first-order valence-electron chi connectivity index (χ1n) is 9.34. The van der Waals surface area contributed by atoms with E-state index in [9.17, 15) is 9.59 Å². The molecule has 0 aliphatic carbocycles. The standard InChI is InChI=1S/C21H25BrN2O5/c1-4-6-11-29-16-9-7-14(8-10-16)20(25)23-24-21(26)15-12-17(22)19(28-5-2)18(13-15)27-3/h7-10,12-13H,4-6,11H2,1-3H3,(H,23,25)(H,24,26). The molecule has 8 heteroatoms. The van der Waals surface area contributed by atoms with Crippen LogP contribution in [0.25, 0.3) is 0 Å². The summed E-state index contributed by atoms with van der Waals surface area (Å²) >= 11 is 3.37. The largest absolute Gasteiger partial charge is 0.494 e. The van der Waals surface area contributed by atoms with Gasteiger partial charge in [-0.15, -0.1) is 0 Å². The minimum absolute atomic E-state index is 0.303. The van der Waals surface area contributed by atoms with Crippen LogP contribution in [0.15, 0.2) is 40.9 Å². The van der Waals surface area contributed by atoms with Crippen molar-refractivity contribution < 1.29 is 23.8 Å². The van der Waals surface area contributed by atoms with E-state index in [1.54, 1.807) is 36.4 Å². The number of hydrogen-bond donors (Lipinski definition) is 2. The van der Waals surface area contributed by atoms with Crippen molar-refractivity contribution in [1.29, 1.82) is 0 Å². The quantitative estimate of drug-likeness (QED) is 0.430. The number of carbonyl (C=O) groups excluding carboxylic acids is 2. The molecule has 2 aromatic rings. The van der Waals surface area contributed by atoms with Crippen molar-refractivity contribution in [1.82, 2.24) is 10.9 Å². The lowest BCUT2D eigenvalue weighted by molar-refractivity contribution is 0.0846. The summed E-state index contributed by atoms with van der Waals surface area (Å²) < 4.78 is 16.9. The number of methoxy groups -OCH3 is 1. The van der Waals surface area contributed by atoms with Crippen LogP contribution in [-0.2, 0) is 0 Å². The average Bonchev–Trinajstić information content (AvgIpc) is 2.73. The molecule has 7 nitrogen and oxygen atoms in total. The van der Waals surface area contributed by atoms with Crippen molar-refractivity contribution in [2.24, 2.45) is 0 Å². The van der Waals surface area contributed by atoms with E-state index >= 15 is 0 Å². The van der Waals surface area contributed by atoms with Gasteiger partial charge in [-0.2, -0.15) is 0 Å². The number of benzene rings is 2. The van der Waals surface area contributed by atoms with Crippen LogP contribution in [0.3, 0.4) is 0 Å². The number of halogens is 1. The molecule has 29 heavy (non-hydrogen) atoms. The number of carbonyl (C=O) groups is 2. The van der Waals surface area contributed by atoms with Gasteiger partial charge in [0.1, 0.15) is 5.75 Å². The number of unbranched alkanes of at least 4 members (excludes halogenated alkanes) is 1. The molecule has 0 saturated heterocycles. The van der Waals surface area contributed by atoms with E-state index in [4.69, 9.17) is 14.2 Å². The molecule has 2 rings (SSSR count). The summed E-state index contributed by atoms with van der Waals surface area (Å²) in [5.74, 6) is 0.703. The Bertz CT molecular complexity index is 840. The third-order valence-corrected chi connectivity index (χ3v) is 4.54. The zero-order chi connectivity index (χ0) is 21.2. The van der Waals surface area contributed by atoms with Crippen LogP contribution in [0.4, 0.5) is 0 Å². The van der Waals surface area contributed by atoms with Gasteiger partial charge in [0.2, 0.25) is 0 Å². The molecular formula is C21H25BrN2O5. The maximum atomic E-state index is 12.4. The zero-order valence-corrected chi connectivity index (χ0v) is 18.3. The number of hydrogen-bond acceptors (Lipinski definition) is 5. The van der Waals surface area contributed by atoms with E-state index in [-0.39, 0.29) is 0 Å². The normalized spacial score (nSPS) is 10.2. The van der Waals surface area contributed by atoms with Crippen LogP contribution in [0.1, 0.15) is 47.4 Å².